The molecule has 1 N–H and O–H groups in total. The van der Waals surface area contributed by atoms with Gasteiger partial charge in [0.2, 0.25) is 0 Å². The molecule has 0 aliphatic carbocycles. The Balaban J connectivity index is 1.65. The van der Waals surface area contributed by atoms with Gasteiger partial charge in [0.05, 0.1) is 0 Å². The van der Waals surface area contributed by atoms with Gasteiger partial charge in [0.15, 0.2) is 0 Å². The topological polar surface area (TPSA) is 15.3 Å². The van der Waals surface area contributed by atoms with Gasteiger partial charge in [0.1, 0.15) is 0 Å². The number of benzene rings is 1. The van der Waals surface area contributed by atoms with E-state index in [4.69, 9.17) is 0 Å². The minimum absolute atomic E-state index is 0.666. The molecule has 19 heavy (non-hydrogen) atoms. The predicted octanol–water partition coefficient (Wildman–Crippen LogP) is 3.43. The van der Waals surface area contributed by atoms with Gasteiger partial charge in [-0.15, -0.1) is 0 Å². The molecule has 0 spiro atoms. The summed E-state index contributed by atoms with van der Waals surface area (Å²) in [6.45, 7) is 5.00. The number of likely N-dealkylation sites (tertiary alicyclic amines) is 1. The lowest BCUT2D eigenvalue weighted by atomic mass is 9.97. The lowest BCUT2D eigenvalue weighted by molar-refractivity contribution is 0.195. The highest BCUT2D eigenvalue weighted by molar-refractivity contribution is 14.1. The fourth-order valence-electron chi connectivity index (χ4n) is 3.52. The molecule has 0 aromatic heterocycles. The zero-order chi connectivity index (χ0) is 13.1. The number of hydrogen-bond donors (Lipinski definition) is 1. The molecule has 2 nitrogen and oxygen atoms in total. The fraction of sp³-hybridized carbons (Fsp3) is 0.625. The van der Waals surface area contributed by atoms with Gasteiger partial charge in [-0.2, -0.15) is 0 Å². The number of halogens is 1. The summed E-state index contributed by atoms with van der Waals surface area (Å²) in [5, 5.41) is 3.54. The summed E-state index contributed by atoms with van der Waals surface area (Å²) in [5.74, 6) is 0.859. The Kier molecular flexibility index (Phi) is 4.77. The van der Waals surface area contributed by atoms with E-state index in [-0.39, 0.29) is 0 Å². The van der Waals surface area contributed by atoms with Crippen LogP contribution in [0.2, 0.25) is 0 Å². The van der Waals surface area contributed by atoms with Crippen molar-refractivity contribution in [3.05, 3.63) is 33.4 Å². The highest BCUT2D eigenvalue weighted by Gasteiger charge is 2.28. The van der Waals surface area contributed by atoms with Crippen LogP contribution in [0, 0.1) is 9.49 Å². The van der Waals surface area contributed by atoms with E-state index >= 15 is 0 Å². The number of rotatable bonds is 3. The maximum absolute atomic E-state index is 3.54. The smallest absolute Gasteiger partial charge is 0.0348 e. The number of nitrogens with zero attached hydrogens (tertiary/aromatic N) is 1. The van der Waals surface area contributed by atoms with Crippen molar-refractivity contribution >= 4 is 22.6 Å². The van der Waals surface area contributed by atoms with Crippen LogP contribution in [0.15, 0.2) is 24.3 Å². The first-order valence-electron chi connectivity index (χ1n) is 7.53. The molecular formula is C16H23IN2. The number of piperidine rings is 1. The monoisotopic (exact) mass is 370 g/mol. The molecule has 2 fully saturated rings. The lowest BCUT2D eigenvalue weighted by Crippen LogP contribution is -2.38. The molecule has 2 heterocycles. The number of nitrogens with one attached hydrogen (secondary N) is 1. The molecule has 0 radical (unpaired) electrons. The van der Waals surface area contributed by atoms with E-state index in [1.165, 1.54) is 61.0 Å². The molecular weight excluding hydrogens is 347 g/mol. The maximum atomic E-state index is 3.54. The molecule has 3 heteroatoms. The lowest BCUT2D eigenvalue weighted by Gasteiger charge is -2.31. The third-order valence-corrected chi connectivity index (χ3v) is 5.23. The molecule has 2 saturated heterocycles. The molecule has 2 aliphatic heterocycles. The third-order valence-electron chi connectivity index (χ3n) is 4.51. The third kappa shape index (κ3) is 3.50. The van der Waals surface area contributed by atoms with Crippen molar-refractivity contribution in [1.29, 1.82) is 0 Å². The Morgan fingerprint density at radius 1 is 1.16 bits per heavy atom. The summed E-state index contributed by atoms with van der Waals surface area (Å²) in [4.78, 5) is 2.72. The second-order valence-electron chi connectivity index (χ2n) is 5.92. The van der Waals surface area contributed by atoms with Gasteiger partial charge < -0.3 is 5.32 Å². The predicted molar refractivity (Wildman–Crippen MR) is 88.3 cm³/mol. The average Bonchev–Trinajstić information content (AvgIpc) is 2.89. The van der Waals surface area contributed by atoms with Gasteiger partial charge in [-0.3, -0.25) is 4.90 Å². The molecule has 2 unspecified atom stereocenters. The van der Waals surface area contributed by atoms with Crippen LogP contribution < -0.4 is 5.32 Å². The van der Waals surface area contributed by atoms with Crippen molar-refractivity contribution in [3.63, 3.8) is 0 Å². The summed E-state index contributed by atoms with van der Waals surface area (Å²) < 4.78 is 1.34. The summed E-state index contributed by atoms with van der Waals surface area (Å²) in [6.07, 6.45) is 5.45. The molecule has 0 bridgehead atoms. The van der Waals surface area contributed by atoms with E-state index < -0.39 is 0 Å². The second kappa shape index (κ2) is 6.55. The van der Waals surface area contributed by atoms with Gasteiger partial charge in [0, 0.05) is 16.2 Å². The highest BCUT2D eigenvalue weighted by Crippen LogP contribution is 2.33. The van der Waals surface area contributed by atoms with Crippen molar-refractivity contribution in [1.82, 2.24) is 10.2 Å². The largest absolute Gasteiger partial charge is 0.316 e. The van der Waals surface area contributed by atoms with Gasteiger partial charge in [-0.05, 0) is 91.5 Å². The molecule has 3 rings (SSSR count). The molecule has 104 valence electrons. The second-order valence-corrected chi connectivity index (χ2v) is 7.16. The standard InChI is InChI=1S/C16H23IN2/c17-15-7-5-14(6-8-15)16-4-2-10-19(16)12-13-3-1-9-18-11-13/h5-8,13,16,18H,1-4,9-12H2. The van der Waals surface area contributed by atoms with Gasteiger partial charge >= 0.3 is 0 Å². The van der Waals surface area contributed by atoms with Gasteiger partial charge in [0.25, 0.3) is 0 Å². The summed E-state index contributed by atoms with van der Waals surface area (Å²) in [7, 11) is 0. The Morgan fingerprint density at radius 2 is 2.00 bits per heavy atom. The molecule has 1 aromatic carbocycles. The van der Waals surface area contributed by atoms with Crippen molar-refractivity contribution in [3.8, 4) is 0 Å². The van der Waals surface area contributed by atoms with Gasteiger partial charge in [-0.25, -0.2) is 0 Å². The van der Waals surface area contributed by atoms with E-state index in [1.807, 2.05) is 0 Å². The Labute approximate surface area is 130 Å². The minimum atomic E-state index is 0.666. The van der Waals surface area contributed by atoms with Crippen LogP contribution in [0.25, 0.3) is 0 Å². The molecule has 0 saturated carbocycles. The van der Waals surface area contributed by atoms with Crippen LogP contribution in [0.1, 0.15) is 37.3 Å². The SMILES string of the molecule is Ic1ccc(C2CCCN2CC2CCCNC2)cc1. The van der Waals surface area contributed by atoms with Crippen molar-refractivity contribution < 1.29 is 0 Å². The molecule has 0 amide bonds. The van der Waals surface area contributed by atoms with Crippen molar-refractivity contribution in [2.45, 2.75) is 31.7 Å². The Hall–Kier alpha value is -0.130. The van der Waals surface area contributed by atoms with Crippen LogP contribution in [0.5, 0.6) is 0 Å². The van der Waals surface area contributed by atoms with Crippen LogP contribution in [0.4, 0.5) is 0 Å². The number of hydrogen-bond acceptors (Lipinski definition) is 2. The summed E-state index contributed by atoms with van der Waals surface area (Å²) in [6, 6.07) is 9.80. The van der Waals surface area contributed by atoms with Crippen molar-refractivity contribution in [2.24, 2.45) is 5.92 Å². The highest BCUT2D eigenvalue weighted by atomic mass is 127. The van der Waals surface area contributed by atoms with E-state index in [2.05, 4.69) is 57.1 Å². The average molecular weight is 370 g/mol. The fourth-order valence-corrected chi connectivity index (χ4v) is 3.88. The normalized spacial score (nSPS) is 28.7. The van der Waals surface area contributed by atoms with Crippen LogP contribution in [0.3, 0.4) is 0 Å². The van der Waals surface area contributed by atoms with Crippen LogP contribution >= 0.6 is 22.6 Å². The quantitative estimate of drug-likeness (QED) is 0.821. The van der Waals surface area contributed by atoms with Gasteiger partial charge in [-0.1, -0.05) is 12.1 Å². The Bertz CT molecular complexity index is 398. The summed E-state index contributed by atoms with van der Waals surface area (Å²) >= 11 is 2.39. The zero-order valence-electron chi connectivity index (χ0n) is 11.4. The first-order chi connectivity index (χ1) is 9.33. The summed E-state index contributed by atoms with van der Waals surface area (Å²) in [5.41, 5.74) is 1.52. The van der Waals surface area contributed by atoms with Crippen LogP contribution in [-0.4, -0.2) is 31.1 Å². The van der Waals surface area contributed by atoms with Crippen molar-refractivity contribution in [2.75, 3.05) is 26.2 Å². The maximum Gasteiger partial charge on any atom is 0.0348 e. The first kappa shape index (κ1) is 13.8. The van der Waals surface area contributed by atoms with E-state index in [0.717, 1.165) is 5.92 Å². The molecule has 2 aliphatic rings. The van der Waals surface area contributed by atoms with Crippen LogP contribution in [-0.2, 0) is 0 Å². The van der Waals surface area contributed by atoms with E-state index in [0.29, 0.717) is 6.04 Å². The van der Waals surface area contributed by atoms with E-state index in [1.54, 1.807) is 0 Å². The van der Waals surface area contributed by atoms with E-state index in [9.17, 15) is 0 Å². The zero-order valence-corrected chi connectivity index (χ0v) is 13.6. The minimum Gasteiger partial charge on any atom is -0.316 e. The molecule has 2 atom stereocenters. The Morgan fingerprint density at radius 3 is 2.74 bits per heavy atom. The first-order valence-corrected chi connectivity index (χ1v) is 8.61. The molecule has 1 aromatic rings.